The summed E-state index contributed by atoms with van der Waals surface area (Å²) in [6, 6.07) is 42.3. The Hall–Kier alpha value is -8.42. The number of esters is 1. The number of fused-ring (bicyclic) bond motifs is 3. The number of nitrogens with zero attached hydrogens (tertiary/aromatic N) is 4. The van der Waals surface area contributed by atoms with Crippen LogP contribution in [0.3, 0.4) is 0 Å². The van der Waals surface area contributed by atoms with E-state index in [-0.39, 0.29) is 49.1 Å². The van der Waals surface area contributed by atoms with Crippen molar-refractivity contribution in [3.8, 4) is 17.6 Å². The number of aliphatic hydroxyl groups is 1. The van der Waals surface area contributed by atoms with Crippen molar-refractivity contribution in [1.82, 2.24) is 15.1 Å². The van der Waals surface area contributed by atoms with Gasteiger partial charge in [0, 0.05) is 36.3 Å². The van der Waals surface area contributed by atoms with Gasteiger partial charge in [0.1, 0.15) is 36.5 Å². The van der Waals surface area contributed by atoms with Crippen molar-refractivity contribution >= 4 is 35.3 Å². The molecule has 15 heteroatoms. The number of non-ortho nitro benzene ring substituents is 1. The zero-order valence-corrected chi connectivity index (χ0v) is 39.3. The first-order chi connectivity index (χ1) is 35.1. The van der Waals surface area contributed by atoms with Gasteiger partial charge in [0.25, 0.3) is 5.69 Å². The minimum atomic E-state index is -2.14. The molecule has 2 saturated heterocycles. The lowest BCUT2D eigenvalue weighted by atomic mass is 9.65. The van der Waals surface area contributed by atoms with Gasteiger partial charge in [-0.2, -0.15) is 0 Å². The van der Waals surface area contributed by atoms with E-state index in [1.54, 1.807) is 42.5 Å². The highest BCUT2D eigenvalue weighted by Crippen LogP contribution is 2.66. The van der Waals surface area contributed by atoms with E-state index in [4.69, 9.17) is 14.2 Å². The SMILES string of the molecule is C=CCNC(=O)C1C2C(=O)OC(c3ccccc3)C(c3ccccc3)N2C(c2ccccc2OCCO)C12C(=O)N(C(=O)OCc1ccc([N+](=O)[O-])cc1)c1ccc(C#CCN(C)Cc3ccccc3)cc12. The van der Waals surface area contributed by atoms with Gasteiger partial charge in [0.2, 0.25) is 11.8 Å². The van der Waals surface area contributed by atoms with Crippen molar-refractivity contribution in [2.45, 2.75) is 42.8 Å². The highest BCUT2D eigenvalue weighted by Gasteiger charge is 2.76. The number of amides is 3. The van der Waals surface area contributed by atoms with Gasteiger partial charge < -0.3 is 24.6 Å². The maximum Gasteiger partial charge on any atom is 0.421 e. The number of nitrogens with one attached hydrogen (secondary N) is 1. The summed E-state index contributed by atoms with van der Waals surface area (Å²) in [5.41, 5.74) is 1.72. The Morgan fingerprint density at radius 2 is 1.54 bits per heavy atom. The number of hydrogen-bond acceptors (Lipinski definition) is 12. The quantitative estimate of drug-likeness (QED) is 0.0336. The summed E-state index contributed by atoms with van der Waals surface area (Å²) < 4.78 is 18.7. The van der Waals surface area contributed by atoms with E-state index in [0.717, 1.165) is 10.5 Å². The van der Waals surface area contributed by atoms with Crippen LogP contribution < -0.4 is 15.0 Å². The molecule has 0 bridgehead atoms. The number of benzene rings is 6. The average Bonchev–Trinajstić information content (AvgIpc) is 3.86. The van der Waals surface area contributed by atoms with Gasteiger partial charge >= 0.3 is 12.1 Å². The molecule has 6 atom stereocenters. The Morgan fingerprint density at radius 1 is 0.875 bits per heavy atom. The first kappa shape index (κ1) is 48.6. The van der Waals surface area contributed by atoms with Crippen molar-refractivity contribution in [3.05, 3.63) is 219 Å². The Kier molecular flexibility index (Phi) is 14.4. The second kappa shape index (κ2) is 21.3. The van der Waals surface area contributed by atoms with Gasteiger partial charge in [-0.25, -0.2) is 9.69 Å². The van der Waals surface area contributed by atoms with Crippen LogP contribution in [-0.4, -0.2) is 83.1 Å². The summed E-state index contributed by atoms with van der Waals surface area (Å²) in [6.45, 7) is 3.93. The Bertz CT molecular complexity index is 3050. The minimum Gasteiger partial charge on any atom is -0.491 e. The molecule has 6 unspecified atom stereocenters. The maximum atomic E-state index is 16.5. The number of nitro benzene ring substituents is 1. The molecule has 3 aliphatic rings. The van der Waals surface area contributed by atoms with Crippen molar-refractivity contribution in [1.29, 1.82) is 0 Å². The summed E-state index contributed by atoms with van der Waals surface area (Å²) in [5, 5.41) is 24.4. The van der Waals surface area contributed by atoms with Gasteiger partial charge in [-0.1, -0.05) is 127 Å². The zero-order valence-electron chi connectivity index (χ0n) is 39.3. The summed E-state index contributed by atoms with van der Waals surface area (Å²) >= 11 is 0. The molecule has 15 nitrogen and oxygen atoms in total. The third-order valence-electron chi connectivity index (χ3n) is 13.3. The Morgan fingerprint density at radius 3 is 2.22 bits per heavy atom. The van der Waals surface area contributed by atoms with E-state index < -0.39 is 64.4 Å². The van der Waals surface area contributed by atoms with Crippen LogP contribution in [0.5, 0.6) is 5.75 Å². The number of rotatable bonds is 15. The number of hydrogen-bond donors (Lipinski definition) is 2. The van der Waals surface area contributed by atoms with Gasteiger partial charge in [0.15, 0.2) is 0 Å². The van der Waals surface area contributed by atoms with Crippen LogP contribution in [0.2, 0.25) is 0 Å². The largest absolute Gasteiger partial charge is 0.491 e. The summed E-state index contributed by atoms with van der Waals surface area (Å²) in [7, 11) is 1.95. The number of para-hydroxylation sites is 1. The first-order valence-electron chi connectivity index (χ1n) is 23.5. The van der Waals surface area contributed by atoms with E-state index in [1.807, 2.05) is 103 Å². The van der Waals surface area contributed by atoms with Gasteiger partial charge in [-0.05, 0) is 71.3 Å². The molecular formula is C57H51N5O10. The molecule has 9 rings (SSSR count). The number of ether oxygens (including phenoxy) is 3. The molecular weight excluding hydrogens is 915 g/mol. The van der Waals surface area contributed by atoms with Gasteiger partial charge in [-0.3, -0.25) is 34.3 Å². The van der Waals surface area contributed by atoms with E-state index >= 15 is 14.4 Å². The van der Waals surface area contributed by atoms with E-state index in [1.165, 1.54) is 30.3 Å². The fraction of sp³-hybridized carbons (Fsp3) is 0.228. The molecule has 3 heterocycles. The van der Waals surface area contributed by atoms with Crippen LogP contribution in [0.15, 0.2) is 170 Å². The van der Waals surface area contributed by atoms with Crippen LogP contribution in [0.25, 0.3) is 0 Å². The first-order valence-corrected chi connectivity index (χ1v) is 23.5. The smallest absolute Gasteiger partial charge is 0.421 e. The minimum absolute atomic E-state index is 0.0349. The lowest BCUT2D eigenvalue weighted by Gasteiger charge is -2.46. The monoisotopic (exact) mass is 965 g/mol. The average molecular weight is 966 g/mol. The molecule has 6 aromatic rings. The van der Waals surface area contributed by atoms with Crippen molar-refractivity contribution in [2.75, 3.05) is 38.3 Å². The molecule has 0 saturated carbocycles. The molecule has 3 amide bonds. The molecule has 364 valence electrons. The van der Waals surface area contributed by atoms with Crippen LogP contribution >= 0.6 is 0 Å². The van der Waals surface area contributed by atoms with Crippen LogP contribution in [0.1, 0.15) is 57.1 Å². The standard InChI is InChI=1S/C57H51N5O10/c1-3-31-58-53(64)48-50-54(65)72-51(42-21-11-6-12-22-42)49(41-19-9-5-10-20-41)61(50)52(44-23-13-14-24-47(44)70-34-33-63)57(48)45-35-38(18-15-32-59(2)36-39-16-7-4-8-17-39)27-30-46(45)60(55(57)66)56(67)71-37-40-25-28-43(29-26-40)62(68)69/h3-14,16-17,19-30,35,48-52,63H,1,31-34,36-37H2,2H3,(H,58,64). The maximum absolute atomic E-state index is 16.5. The molecule has 2 fully saturated rings. The van der Waals surface area contributed by atoms with Crippen molar-refractivity contribution in [2.24, 2.45) is 5.92 Å². The summed E-state index contributed by atoms with van der Waals surface area (Å²) in [5.74, 6) is 2.84. The number of imide groups is 1. The lowest BCUT2D eigenvalue weighted by molar-refractivity contribution is -0.384. The molecule has 2 N–H and O–H groups in total. The van der Waals surface area contributed by atoms with Crippen LogP contribution in [-0.2, 0) is 42.4 Å². The fourth-order valence-electron chi connectivity index (χ4n) is 10.4. The van der Waals surface area contributed by atoms with Crippen LogP contribution in [0.4, 0.5) is 16.2 Å². The molecule has 3 aliphatic heterocycles. The second-order valence-corrected chi connectivity index (χ2v) is 17.7. The number of carbonyl (C=O) groups is 4. The highest BCUT2D eigenvalue weighted by molar-refractivity contribution is 6.23. The second-order valence-electron chi connectivity index (χ2n) is 17.7. The number of cyclic esters (lactones) is 1. The Labute approximate surface area is 416 Å². The lowest BCUT2D eigenvalue weighted by Crippen LogP contribution is -2.55. The predicted molar refractivity (Wildman–Crippen MR) is 267 cm³/mol. The third-order valence-corrected chi connectivity index (χ3v) is 13.3. The molecule has 6 aromatic carbocycles. The molecule has 0 aliphatic carbocycles. The normalized spacial score (nSPS) is 21.0. The number of nitro groups is 1. The van der Waals surface area contributed by atoms with E-state index in [9.17, 15) is 20.0 Å². The number of anilines is 1. The molecule has 1 spiro atoms. The van der Waals surface area contributed by atoms with Gasteiger partial charge in [0.05, 0.1) is 41.8 Å². The van der Waals surface area contributed by atoms with Crippen molar-refractivity contribution < 1.29 is 43.4 Å². The number of carbonyl (C=O) groups excluding carboxylic acids is 4. The molecule has 0 aromatic heterocycles. The van der Waals surface area contributed by atoms with Crippen molar-refractivity contribution in [3.63, 3.8) is 0 Å². The third kappa shape index (κ3) is 9.22. The molecule has 72 heavy (non-hydrogen) atoms. The summed E-state index contributed by atoms with van der Waals surface area (Å²) in [6.07, 6.45) is -0.582. The number of morpholine rings is 1. The Balaban J connectivity index is 1.29. The topological polar surface area (TPSA) is 181 Å². The van der Waals surface area contributed by atoms with Crippen LogP contribution in [0, 0.1) is 27.9 Å². The van der Waals surface area contributed by atoms with Gasteiger partial charge in [-0.15, -0.1) is 6.58 Å². The predicted octanol–water partition coefficient (Wildman–Crippen LogP) is 7.75. The van der Waals surface area contributed by atoms with E-state index in [0.29, 0.717) is 40.9 Å². The highest BCUT2D eigenvalue weighted by atomic mass is 16.6. The number of aliphatic hydroxyl groups excluding tert-OH is 1. The fourth-order valence-corrected chi connectivity index (χ4v) is 10.4. The zero-order chi connectivity index (χ0) is 50.4. The summed E-state index contributed by atoms with van der Waals surface area (Å²) in [4.78, 5) is 77.9. The molecule has 0 radical (unpaired) electrons. The van der Waals surface area contributed by atoms with E-state index in [2.05, 4.69) is 28.6 Å².